The molecule has 1 saturated heterocycles. The molecule has 0 aliphatic carbocycles. The summed E-state index contributed by atoms with van der Waals surface area (Å²) in [5, 5.41) is 18.0. The fourth-order valence-electron chi connectivity index (χ4n) is 5.04. The van der Waals surface area contributed by atoms with E-state index < -0.39 is 36.2 Å². The van der Waals surface area contributed by atoms with Crippen LogP contribution in [-0.2, 0) is 19.2 Å². The number of amides is 3. The molecular formula is C31H49N5O7S. The molecular weight excluding hydrogens is 586 g/mol. The van der Waals surface area contributed by atoms with Crippen LogP contribution in [0.25, 0.3) is 0 Å². The lowest BCUT2D eigenvalue weighted by molar-refractivity contribution is -0.212. The molecule has 1 aromatic heterocycles. The molecule has 0 saturated carbocycles. The Morgan fingerprint density at radius 2 is 1.98 bits per heavy atom. The summed E-state index contributed by atoms with van der Waals surface area (Å²) in [5.74, 6) is 0.375. The molecule has 12 nitrogen and oxygen atoms in total. The van der Waals surface area contributed by atoms with Gasteiger partial charge in [0, 0.05) is 24.8 Å². The van der Waals surface area contributed by atoms with Crippen molar-refractivity contribution in [1.29, 1.82) is 0 Å². The molecule has 3 amide bonds. The van der Waals surface area contributed by atoms with Crippen LogP contribution in [-0.4, -0.2) is 88.8 Å². The Labute approximate surface area is 265 Å². The van der Waals surface area contributed by atoms with Crippen molar-refractivity contribution in [1.82, 2.24) is 25.6 Å². The number of alkyl carbamates (subject to hydrolysis) is 1. The predicted molar refractivity (Wildman–Crippen MR) is 168 cm³/mol. The first-order valence-corrected chi connectivity index (χ1v) is 16.4. The number of likely N-dealkylation sites (N-methyl/N-ethyl adjacent to an activating group) is 1. The lowest BCUT2D eigenvalue weighted by Gasteiger charge is -2.39. The molecule has 3 N–H and O–H groups in total. The van der Waals surface area contributed by atoms with Crippen LogP contribution < -0.4 is 10.6 Å². The number of hydrogen-bond donors (Lipinski definition) is 3. The molecule has 44 heavy (non-hydrogen) atoms. The van der Waals surface area contributed by atoms with Gasteiger partial charge in [-0.3, -0.25) is 19.3 Å². The highest BCUT2D eigenvalue weighted by molar-refractivity contribution is 7.09. The minimum Gasteiger partial charge on any atom is -0.476 e. The zero-order valence-corrected chi connectivity index (χ0v) is 27.7. The number of carboxylic acids is 1. The van der Waals surface area contributed by atoms with E-state index in [4.69, 9.17) is 16.0 Å². The Morgan fingerprint density at radius 3 is 2.55 bits per heavy atom. The first kappa shape index (κ1) is 37.0. The number of carbonyl (C=O) groups is 4. The van der Waals surface area contributed by atoms with Gasteiger partial charge in [0.15, 0.2) is 11.8 Å². The van der Waals surface area contributed by atoms with Crippen molar-refractivity contribution in [2.24, 2.45) is 11.8 Å². The molecule has 0 spiro atoms. The molecule has 246 valence electrons. The first-order valence-electron chi connectivity index (χ1n) is 15.5. The van der Waals surface area contributed by atoms with Crippen LogP contribution in [0.1, 0.15) is 101 Å². The van der Waals surface area contributed by atoms with E-state index in [1.807, 2.05) is 39.6 Å². The van der Waals surface area contributed by atoms with Crippen molar-refractivity contribution >= 4 is 35.2 Å². The van der Waals surface area contributed by atoms with Gasteiger partial charge in [-0.1, -0.05) is 40.5 Å². The number of nitrogens with zero attached hydrogens (tertiary/aromatic N) is 3. The molecule has 1 aromatic rings. The third-order valence-corrected chi connectivity index (χ3v) is 8.81. The molecule has 1 aliphatic rings. The van der Waals surface area contributed by atoms with E-state index in [1.54, 1.807) is 6.92 Å². The summed E-state index contributed by atoms with van der Waals surface area (Å²) in [6.45, 7) is 10.7. The summed E-state index contributed by atoms with van der Waals surface area (Å²) >= 11 is 1.06. The third kappa shape index (κ3) is 10.7. The van der Waals surface area contributed by atoms with E-state index in [-0.39, 0.29) is 47.5 Å². The molecule has 13 heteroatoms. The van der Waals surface area contributed by atoms with E-state index in [9.17, 15) is 24.3 Å². The van der Waals surface area contributed by atoms with Crippen molar-refractivity contribution in [2.75, 3.05) is 26.7 Å². The minimum atomic E-state index is -1.20. The van der Waals surface area contributed by atoms with Gasteiger partial charge in [0.1, 0.15) is 11.0 Å². The molecule has 1 aliphatic heterocycles. The molecule has 1 fully saturated rings. The van der Waals surface area contributed by atoms with Crippen LogP contribution in [0, 0.1) is 24.2 Å². The van der Waals surface area contributed by atoms with Crippen LogP contribution >= 0.6 is 11.3 Å². The number of piperidine rings is 1. The Kier molecular flexibility index (Phi) is 15.6. The Hall–Kier alpha value is -3.21. The number of thiazole rings is 1. The first-order chi connectivity index (χ1) is 20.9. The monoisotopic (exact) mass is 635 g/mol. The fourth-order valence-corrected chi connectivity index (χ4v) is 5.88. The average Bonchev–Trinajstić information content (AvgIpc) is 3.49. The summed E-state index contributed by atoms with van der Waals surface area (Å²) in [6.07, 6.45) is 8.13. The Bertz CT molecular complexity index is 1140. The van der Waals surface area contributed by atoms with Gasteiger partial charge in [-0.05, 0) is 51.6 Å². The molecule has 0 unspecified atom stereocenters. The van der Waals surface area contributed by atoms with Crippen molar-refractivity contribution in [2.45, 2.75) is 104 Å². The molecule has 2 heterocycles. The van der Waals surface area contributed by atoms with Gasteiger partial charge in [-0.25, -0.2) is 19.6 Å². The number of carboxylic acid groups (broad SMARTS) is 1. The summed E-state index contributed by atoms with van der Waals surface area (Å²) in [4.78, 5) is 64.3. The van der Waals surface area contributed by atoms with Gasteiger partial charge < -0.3 is 20.5 Å². The van der Waals surface area contributed by atoms with Crippen molar-refractivity contribution < 1.29 is 33.9 Å². The van der Waals surface area contributed by atoms with E-state index in [0.29, 0.717) is 25.8 Å². The second-order valence-corrected chi connectivity index (χ2v) is 12.4. The normalized spacial score (nSPS) is 18.0. The maximum atomic E-state index is 14.4. The van der Waals surface area contributed by atoms with E-state index in [2.05, 4.69) is 21.5 Å². The maximum Gasteiger partial charge on any atom is 0.407 e. The molecule has 2 rings (SSSR count). The van der Waals surface area contributed by atoms with Gasteiger partial charge >= 0.3 is 12.1 Å². The second kappa shape index (κ2) is 18.6. The SMILES string of the molecule is C#CCCCON(C(=O)[C@@H](NC(=O)[C@H]1CCCCN1C)[C@@H](C)CC)[C@H](C[C@@H](OC(=O)NCC)c1nc(C(=O)O)cs1)C(C)C. The van der Waals surface area contributed by atoms with E-state index in [0.717, 1.165) is 37.1 Å². The van der Waals surface area contributed by atoms with E-state index in [1.165, 1.54) is 10.4 Å². The lowest BCUT2D eigenvalue weighted by atomic mass is 9.93. The highest BCUT2D eigenvalue weighted by Crippen LogP contribution is 2.32. The number of likely N-dealkylation sites (tertiary alicyclic amines) is 1. The molecule has 0 bridgehead atoms. The van der Waals surface area contributed by atoms with Gasteiger partial charge in [0.05, 0.1) is 18.7 Å². The summed E-state index contributed by atoms with van der Waals surface area (Å²) in [6, 6.07) is -1.82. The van der Waals surface area contributed by atoms with Gasteiger partial charge in [0.2, 0.25) is 5.91 Å². The summed E-state index contributed by atoms with van der Waals surface area (Å²) in [7, 11) is 1.92. The Morgan fingerprint density at radius 1 is 1.25 bits per heavy atom. The summed E-state index contributed by atoms with van der Waals surface area (Å²) < 4.78 is 5.72. The number of ether oxygens (including phenoxy) is 1. The molecule has 5 atom stereocenters. The predicted octanol–water partition coefficient (Wildman–Crippen LogP) is 4.23. The minimum absolute atomic E-state index is 0.0782. The van der Waals surface area contributed by atoms with Gasteiger partial charge in [-0.15, -0.1) is 23.7 Å². The van der Waals surface area contributed by atoms with Crippen LogP contribution in [0.3, 0.4) is 0 Å². The highest BCUT2D eigenvalue weighted by Gasteiger charge is 2.39. The van der Waals surface area contributed by atoms with Crippen molar-refractivity contribution in [3.05, 3.63) is 16.1 Å². The van der Waals surface area contributed by atoms with Gasteiger partial charge in [-0.2, -0.15) is 0 Å². The molecule has 0 aromatic carbocycles. The number of hydroxylamine groups is 2. The zero-order chi connectivity index (χ0) is 32.8. The smallest absolute Gasteiger partial charge is 0.407 e. The van der Waals surface area contributed by atoms with E-state index >= 15 is 0 Å². The van der Waals surface area contributed by atoms with Crippen molar-refractivity contribution in [3.8, 4) is 12.3 Å². The van der Waals surface area contributed by atoms with Gasteiger partial charge in [0.25, 0.3) is 5.91 Å². The van der Waals surface area contributed by atoms with Crippen LogP contribution in [0.2, 0.25) is 0 Å². The highest BCUT2D eigenvalue weighted by atomic mass is 32.1. The topological polar surface area (TPSA) is 150 Å². The zero-order valence-electron chi connectivity index (χ0n) is 26.8. The van der Waals surface area contributed by atoms with Crippen LogP contribution in [0.5, 0.6) is 0 Å². The Balaban J connectivity index is 2.47. The average molecular weight is 636 g/mol. The quantitative estimate of drug-likeness (QED) is 0.130. The fraction of sp³-hybridized carbons (Fsp3) is 0.710. The second-order valence-electron chi connectivity index (χ2n) is 11.5. The number of terminal acetylenes is 1. The van der Waals surface area contributed by atoms with Crippen LogP contribution in [0.4, 0.5) is 4.79 Å². The number of aromatic carboxylic acids is 1. The standard InChI is InChI=1S/C31H49N5O7S/c1-8-11-14-17-42-36(29(38)26(21(6)9-2)34-27(37)23-15-12-13-16-35(23)7)24(20(4)5)18-25(43-31(41)32-10-3)28-33-22(19-44-28)30(39)40/h1,19-21,23-26H,9-18H2,2-7H3,(H,32,41)(H,34,37)(H,39,40)/t21-,23+,24+,25+,26-/m0/s1. The maximum absolute atomic E-state index is 14.4. The van der Waals surface area contributed by atoms with Crippen LogP contribution in [0.15, 0.2) is 5.38 Å². The third-order valence-electron chi connectivity index (χ3n) is 7.88. The number of nitrogens with one attached hydrogen (secondary N) is 2. The number of hydrogen-bond acceptors (Lipinski definition) is 9. The summed E-state index contributed by atoms with van der Waals surface area (Å²) in [5.41, 5.74) is -0.165. The number of carbonyl (C=O) groups excluding carboxylic acids is 3. The number of unbranched alkanes of at least 4 members (excludes halogenated alkanes) is 1. The molecule has 0 radical (unpaired) electrons. The van der Waals surface area contributed by atoms with Crippen molar-refractivity contribution in [3.63, 3.8) is 0 Å². The largest absolute Gasteiger partial charge is 0.476 e. The lowest BCUT2D eigenvalue weighted by Crippen LogP contribution is -2.58. The number of rotatable bonds is 17. The number of aromatic nitrogens is 1.